The van der Waals surface area contributed by atoms with Gasteiger partial charge in [-0.3, -0.25) is 0 Å². The Morgan fingerprint density at radius 2 is 0.926 bits per heavy atom. The molecule has 0 saturated heterocycles. The highest BCUT2D eigenvalue weighted by Crippen LogP contribution is 2.47. The number of hydrogen-bond donors (Lipinski definition) is 0. The van der Waals surface area contributed by atoms with Gasteiger partial charge >= 0.3 is 0 Å². The van der Waals surface area contributed by atoms with Gasteiger partial charge in [0.15, 0.2) is 0 Å². The molecule has 0 spiro atoms. The van der Waals surface area contributed by atoms with E-state index in [1.165, 1.54) is 0 Å². The predicted octanol–water partition coefficient (Wildman–Crippen LogP) is 14.9. The minimum Gasteiger partial charge on any atom is -0.456 e. The highest BCUT2D eigenvalue weighted by molar-refractivity contribution is 6.16. The van der Waals surface area contributed by atoms with Crippen molar-refractivity contribution in [2.75, 3.05) is 4.90 Å². The molecule has 1 aromatic heterocycles. The van der Waals surface area contributed by atoms with Gasteiger partial charge in [0, 0.05) is 27.6 Å². The number of fused-ring (bicyclic) bond motifs is 4. The molecule has 2 heteroatoms. The van der Waals surface area contributed by atoms with Crippen LogP contribution in [0.1, 0.15) is 17.8 Å². The molecule has 2 nitrogen and oxygen atoms in total. The van der Waals surface area contributed by atoms with Crippen molar-refractivity contribution in [2.24, 2.45) is 0 Å². The van der Waals surface area contributed by atoms with Gasteiger partial charge in [0.2, 0.25) is 0 Å². The third-order valence-corrected chi connectivity index (χ3v) is 9.49. The number of para-hydroxylation sites is 2. The van der Waals surface area contributed by atoms with Crippen LogP contribution in [0.15, 0.2) is 216 Å². The molecule has 0 saturated carbocycles. The quantitative estimate of drug-likeness (QED) is 0.164. The van der Waals surface area contributed by atoms with Crippen molar-refractivity contribution in [1.82, 2.24) is 0 Å². The van der Waals surface area contributed by atoms with Crippen molar-refractivity contribution in [2.45, 2.75) is 0 Å². The maximum atomic E-state index is 9.77. The lowest BCUT2D eigenvalue weighted by Crippen LogP contribution is -2.12. The first-order valence-corrected chi connectivity index (χ1v) is 17.4. The van der Waals surface area contributed by atoms with Crippen LogP contribution in [0.3, 0.4) is 0 Å². The molecule has 0 aliphatic heterocycles. The molecule has 0 fully saturated rings. The van der Waals surface area contributed by atoms with Crippen LogP contribution in [0.4, 0.5) is 17.1 Å². The second-order valence-corrected chi connectivity index (χ2v) is 12.7. The molecule has 0 bridgehead atoms. The molecule has 10 aromatic rings. The Kier molecular flexibility index (Phi) is 5.17. The van der Waals surface area contributed by atoms with Gasteiger partial charge in [0.25, 0.3) is 0 Å². The molecule has 10 rings (SSSR count). The largest absolute Gasteiger partial charge is 0.456 e. The summed E-state index contributed by atoms with van der Waals surface area (Å²) in [4.78, 5) is 1.69. The van der Waals surface area contributed by atoms with Gasteiger partial charge < -0.3 is 9.32 Å². The van der Waals surface area contributed by atoms with E-state index in [0.29, 0.717) is 33.7 Å². The molecule has 0 aliphatic carbocycles. The van der Waals surface area contributed by atoms with Gasteiger partial charge in [-0.1, -0.05) is 170 Å². The standard InChI is InChI=1S/C52H35NO/c1-3-14-36(15-4-1)37-26-28-38(29-27-37)39-30-32-43(33-31-39)53(48-23-11-9-20-44(48)40-16-5-2-6-17-40)49-24-12-10-21-45(49)46-22-13-25-50-52(46)47-34-41-18-7-8-19-42(41)35-51(47)54-50/h1-35H/i1D,3D,4D,14D,15D,26D,27D,28D,29D,30D,31D,32D,33D. The summed E-state index contributed by atoms with van der Waals surface area (Å²) in [6, 6.07) is 33.2. The minimum atomic E-state index is -0.781. The summed E-state index contributed by atoms with van der Waals surface area (Å²) < 4.78 is 123. The molecular formula is C52H35NO. The SMILES string of the molecule is [2H]c1c([2H])c([2H])c(-c2c([2H])c([2H])c(-c3c([2H])c([2H])c(N(c4ccccc4-c4ccccc4)c4ccccc4-c4cccc5oc6cc7ccccc7cc6c45)c([2H])c3[2H])c([2H])c2[2H])c([2H])c1[2H]. The number of nitrogens with zero attached hydrogens (tertiary/aromatic N) is 1. The fraction of sp³-hybridized carbons (Fsp3) is 0. The maximum Gasteiger partial charge on any atom is 0.136 e. The maximum absolute atomic E-state index is 9.77. The number of furan rings is 1. The Bertz CT molecular complexity index is 3610. The highest BCUT2D eigenvalue weighted by Gasteiger charge is 2.22. The fourth-order valence-electron chi connectivity index (χ4n) is 7.01. The number of rotatable bonds is 7. The fourth-order valence-corrected chi connectivity index (χ4v) is 7.01. The van der Waals surface area contributed by atoms with E-state index in [1.807, 2.05) is 127 Å². The molecule has 0 radical (unpaired) electrons. The van der Waals surface area contributed by atoms with E-state index in [2.05, 4.69) is 6.07 Å². The topological polar surface area (TPSA) is 16.4 Å². The van der Waals surface area contributed by atoms with Gasteiger partial charge in [-0.15, -0.1) is 0 Å². The molecule has 1 heterocycles. The molecule has 254 valence electrons. The van der Waals surface area contributed by atoms with Crippen LogP contribution in [-0.4, -0.2) is 0 Å². The number of hydrogen-bond acceptors (Lipinski definition) is 2. The lowest BCUT2D eigenvalue weighted by molar-refractivity contribution is 0.669. The van der Waals surface area contributed by atoms with E-state index in [4.69, 9.17) is 16.8 Å². The monoisotopic (exact) mass is 702 g/mol. The summed E-state index contributed by atoms with van der Waals surface area (Å²) >= 11 is 0. The molecule has 0 aliphatic rings. The van der Waals surface area contributed by atoms with Crippen LogP contribution in [0.25, 0.3) is 77.2 Å². The Morgan fingerprint density at radius 3 is 1.63 bits per heavy atom. The van der Waals surface area contributed by atoms with Crippen molar-refractivity contribution in [3.63, 3.8) is 0 Å². The first kappa shape index (κ1) is 20.8. The average molecular weight is 703 g/mol. The third kappa shape index (κ3) is 5.62. The summed E-state index contributed by atoms with van der Waals surface area (Å²) in [6.45, 7) is 0. The summed E-state index contributed by atoms with van der Waals surface area (Å²) in [7, 11) is 0. The zero-order chi connectivity index (χ0) is 47.2. The minimum absolute atomic E-state index is 0.157. The third-order valence-electron chi connectivity index (χ3n) is 9.49. The second kappa shape index (κ2) is 13.4. The van der Waals surface area contributed by atoms with Gasteiger partial charge in [-0.25, -0.2) is 0 Å². The Balaban J connectivity index is 1.25. The van der Waals surface area contributed by atoms with Crippen molar-refractivity contribution in [1.29, 1.82) is 0 Å². The van der Waals surface area contributed by atoms with E-state index in [9.17, 15) is 5.48 Å². The highest BCUT2D eigenvalue weighted by atomic mass is 16.3. The summed E-state index contributed by atoms with van der Waals surface area (Å²) in [6.07, 6.45) is 0. The van der Waals surface area contributed by atoms with Crippen LogP contribution in [0.2, 0.25) is 0 Å². The van der Waals surface area contributed by atoms with Crippen LogP contribution < -0.4 is 4.90 Å². The van der Waals surface area contributed by atoms with Gasteiger partial charge in [0.05, 0.1) is 29.2 Å². The smallest absolute Gasteiger partial charge is 0.136 e. The first-order valence-electron chi connectivity index (χ1n) is 23.9. The Labute approximate surface area is 333 Å². The van der Waals surface area contributed by atoms with Crippen LogP contribution in [0.5, 0.6) is 0 Å². The van der Waals surface area contributed by atoms with Gasteiger partial charge in [-0.2, -0.15) is 0 Å². The molecular weight excluding hydrogens is 655 g/mol. The van der Waals surface area contributed by atoms with Gasteiger partial charge in [-0.05, 0) is 86.6 Å². The van der Waals surface area contributed by atoms with Crippen molar-refractivity contribution in [3.05, 3.63) is 212 Å². The van der Waals surface area contributed by atoms with E-state index < -0.39 is 101 Å². The normalized spacial score (nSPS) is 14.7. The van der Waals surface area contributed by atoms with E-state index >= 15 is 0 Å². The van der Waals surface area contributed by atoms with Crippen molar-refractivity contribution >= 4 is 49.8 Å². The second-order valence-electron chi connectivity index (χ2n) is 12.7. The Hall–Kier alpha value is -7.16. The zero-order valence-corrected chi connectivity index (χ0v) is 28.6. The molecule has 0 atom stereocenters. The van der Waals surface area contributed by atoms with E-state index in [-0.39, 0.29) is 5.69 Å². The molecule has 9 aromatic carbocycles. The van der Waals surface area contributed by atoms with Crippen LogP contribution in [-0.2, 0) is 0 Å². The van der Waals surface area contributed by atoms with Crippen LogP contribution in [0, 0.1) is 0 Å². The van der Waals surface area contributed by atoms with E-state index in [0.717, 1.165) is 32.7 Å². The van der Waals surface area contributed by atoms with Gasteiger partial charge in [0.1, 0.15) is 11.2 Å². The summed E-state index contributed by atoms with van der Waals surface area (Å²) in [5.74, 6) is 0. The average Bonchev–Trinajstić information content (AvgIpc) is 3.72. The molecule has 54 heavy (non-hydrogen) atoms. The number of benzene rings is 9. The van der Waals surface area contributed by atoms with Crippen molar-refractivity contribution < 1.29 is 22.2 Å². The molecule has 0 amide bonds. The lowest BCUT2D eigenvalue weighted by Gasteiger charge is -2.30. The Morgan fingerprint density at radius 1 is 0.389 bits per heavy atom. The number of anilines is 3. The first-order chi connectivity index (χ1) is 32.2. The van der Waals surface area contributed by atoms with Crippen molar-refractivity contribution in [3.8, 4) is 44.5 Å². The lowest BCUT2D eigenvalue weighted by atomic mass is 9.95. The summed E-state index contributed by atoms with van der Waals surface area (Å²) in [5.41, 5.74) is 3.00. The van der Waals surface area contributed by atoms with Crippen LogP contribution >= 0.6 is 0 Å². The molecule has 0 N–H and O–H groups in total. The predicted molar refractivity (Wildman–Crippen MR) is 228 cm³/mol. The zero-order valence-electron chi connectivity index (χ0n) is 41.6. The van der Waals surface area contributed by atoms with E-state index in [1.54, 1.807) is 4.90 Å². The molecule has 0 unspecified atom stereocenters. The summed E-state index contributed by atoms with van der Waals surface area (Å²) in [5, 5.41) is 3.75.